The molecule has 66 valence electrons. The van der Waals surface area contributed by atoms with Crippen LogP contribution in [0.2, 0.25) is 0 Å². The van der Waals surface area contributed by atoms with Gasteiger partial charge < -0.3 is 4.90 Å². The van der Waals surface area contributed by atoms with Gasteiger partial charge in [-0.3, -0.25) is 0 Å². The average Bonchev–Trinajstić information content (AvgIpc) is 2.01. The van der Waals surface area contributed by atoms with Crippen molar-refractivity contribution in [3.05, 3.63) is 12.3 Å². The van der Waals surface area contributed by atoms with Crippen LogP contribution in [-0.4, -0.2) is 18.0 Å². The highest BCUT2D eigenvalue weighted by atomic mass is 15.1. The van der Waals surface area contributed by atoms with Gasteiger partial charge in [0.1, 0.15) is 0 Å². The molecule has 0 spiro atoms. The van der Waals surface area contributed by atoms with Gasteiger partial charge in [-0.25, -0.2) is 0 Å². The van der Waals surface area contributed by atoms with Gasteiger partial charge in [0.2, 0.25) is 0 Å². The number of hydrogen-bond donors (Lipinski definition) is 0. The van der Waals surface area contributed by atoms with Gasteiger partial charge in [0.25, 0.3) is 0 Å². The first-order chi connectivity index (χ1) is 5.35. The van der Waals surface area contributed by atoms with Crippen molar-refractivity contribution in [2.45, 2.75) is 40.0 Å². The van der Waals surface area contributed by atoms with Gasteiger partial charge in [0.15, 0.2) is 0 Å². The van der Waals surface area contributed by atoms with Crippen molar-refractivity contribution in [2.24, 2.45) is 0 Å². The highest BCUT2D eigenvalue weighted by molar-refractivity contribution is 4.80. The topological polar surface area (TPSA) is 3.24 Å². The molecule has 0 heterocycles. The molecule has 0 radical (unpaired) electrons. The van der Waals surface area contributed by atoms with Crippen molar-refractivity contribution in [1.29, 1.82) is 0 Å². The molecule has 0 amide bonds. The van der Waals surface area contributed by atoms with E-state index in [-0.39, 0.29) is 0 Å². The van der Waals surface area contributed by atoms with Crippen molar-refractivity contribution in [3.8, 4) is 0 Å². The Hall–Kier alpha value is -0.460. The Labute approximate surface area is 71.1 Å². The third-order valence-corrected chi connectivity index (χ3v) is 1.57. The molecule has 1 nitrogen and oxygen atoms in total. The van der Waals surface area contributed by atoms with Gasteiger partial charge in [0.05, 0.1) is 0 Å². The minimum absolute atomic E-state index is 1.14. The van der Waals surface area contributed by atoms with E-state index in [1.54, 1.807) is 0 Å². The maximum Gasteiger partial charge on any atom is 0.0169 e. The van der Waals surface area contributed by atoms with Crippen molar-refractivity contribution in [2.75, 3.05) is 13.1 Å². The summed E-state index contributed by atoms with van der Waals surface area (Å²) in [5.74, 6) is 0. The van der Waals surface area contributed by atoms with E-state index in [1.165, 1.54) is 25.9 Å². The fraction of sp³-hybridized carbons (Fsp3) is 0.800. The first-order valence-corrected chi connectivity index (χ1v) is 4.75. The van der Waals surface area contributed by atoms with Gasteiger partial charge in [-0.2, -0.15) is 0 Å². The molecule has 0 aromatic rings. The fourth-order valence-electron chi connectivity index (χ4n) is 1.09. The molecule has 0 fully saturated rings. The lowest BCUT2D eigenvalue weighted by atomic mass is 10.3. The number of rotatable bonds is 6. The first kappa shape index (κ1) is 10.5. The van der Waals surface area contributed by atoms with E-state index in [0.29, 0.717) is 0 Å². The van der Waals surface area contributed by atoms with Crippen LogP contribution in [0.15, 0.2) is 12.3 Å². The molecule has 0 aromatic heterocycles. The van der Waals surface area contributed by atoms with Crippen molar-refractivity contribution < 1.29 is 0 Å². The molecule has 1 heteroatoms. The summed E-state index contributed by atoms with van der Waals surface area (Å²) < 4.78 is 0. The lowest BCUT2D eigenvalue weighted by Crippen LogP contribution is -2.18. The maximum absolute atomic E-state index is 2.39. The Morgan fingerprint density at radius 1 is 1.00 bits per heavy atom. The molecule has 0 aliphatic rings. The number of nitrogens with zero attached hydrogens (tertiary/aromatic N) is 1. The lowest BCUT2D eigenvalue weighted by Gasteiger charge is -2.18. The van der Waals surface area contributed by atoms with Gasteiger partial charge >= 0.3 is 0 Å². The summed E-state index contributed by atoms with van der Waals surface area (Å²) in [6, 6.07) is 0. The van der Waals surface area contributed by atoms with E-state index >= 15 is 0 Å². The van der Waals surface area contributed by atoms with Crippen LogP contribution in [-0.2, 0) is 0 Å². The molecule has 0 aromatic carbocycles. The second-order valence-electron chi connectivity index (χ2n) is 2.83. The fourth-order valence-corrected chi connectivity index (χ4v) is 1.09. The Morgan fingerprint density at radius 2 is 1.55 bits per heavy atom. The monoisotopic (exact) mass is 155 g/mol. The summed E-state index contributed by atoms with van der Waals surface area (Å²) in [4.78, 5) is 2.39. The zero-order chi connectivity index (χ0) is 8.53. The SMILES string of the molecule is CC/C=C/N(CCC)CCC. The van der Waals surface area contributed by atoms with Crippen LogP contribution in [0.3, 0.4) is 0 Å². The summed E-state index contributed by atoms with van der Waals surface area (Å²) in [7, 11) is 0. The number of hydrogen-bond acceptors (Lipinski definition) is 1. The molecule has 0 N–H and O–H groups in total. The predicted molar refractivity (Wildman–Crippen MR) is 51.6 cm³/mol. The molecule has 0 atom stereocenters. The molecule has 11 heavy (non-hydrogen) atoms. The minimum atomic E-state index is 1.14. The first-order valence-electron chi connectivity index (χ1n) is 4.75. The zero-order valence-electron chi connectivity index (χ0n) is 8.14. The molecule has 0 aliphatic carbocycles. The Bertz CT molecular complexity index is 91.0. The van der Waals surface area contributed by atoms with E-state index < -0.39 is 0 Å². The number of allylic oxidation sites excluding steroid dienone is 1. The summed E-state index contributed by atoms with van der Waals surface area (Å²) in [5.41, 5.74) is 0. The van der Waals surface area contributed by atoms with Crippen LogP contribution in [0.4, 0.5) is 0 Å². The van der Waals surface area contributed by atoms with E-state index in [9.17, 15) is 0 Å². The second-order valence-corrected chi connectivity index (χ2v) is 2.83. The van der Waals surface area contributed by atoms with Gasteiger partial charge in [0, 0.05) is 13.1 Å². The summed E-state index contributed by atoms with van der Waals surface area (Å²) in [6.45, 7) is 9.02. The molecular weight excluding hydrogens is 134 g/mol. The normalized spacial score (nSPS) is 10.8. The predicted octanol–water partition coefficient (Wildman–Crippen LogP) is 3.03. The summed E-state index contributed by atoms with van der Waals surface area (Å²) in [5, 5.41) is 0. The van der Waals surface area contributed by atoms with Gasteiger partial charge in [-0.1, -0.05) is 26.8 Å². The van der Waals surface area contributed by atoms with Crippen LogP contribution in [0.5, 0.6) is 0 Å². The molecule has 0 unspecified atom stereocenters. The summed E-state index contributed by atoms with van der Waals surface area (Å²) >= 11 is 0. The quantitative estimate of drug-likeness (QED) is 0.570. The summed E-state index contributed by atoms with van der Waals surface area (Å²) in [6.07, 6.45) is 8.09. The molecule has 0 aliphatic heterocycles. The largest absolute Gasteiger partial charge is 0.378 e. The van der Waals surface area contributed by atoms with Gasteiger partial charge in [-0.05, 0) is 25.5 Å². The lowest BCUT2D eigenvalue weighted by molar-refractivity contribution is 0.375. The van der Waals surface area contributed by atoms with E-state index in [0.717, 1.165) is 6.42 Å². The Balaban J connectivity index is 3.58. The highest BCUT2D eigenvalue weighted by Crippen LogP contribution is 1.95. The Morgan fingerprint density at radius 3 is 1.91 bits per heavy atom. The molecule has 0 saturated heterocycles. The van der Waals surface area contributed by atoms with Crippen molar-refractivity contribution >= 4 is 0 Å². The van der Waals surface area contributed by atoms with Crippen LogP contribution >= 0.6 is 0 Å². The van der Waals surface area contributed by atoms with Crippen LogP contribution in [0.25, 0.3) is 0 Å². The highest BCUT2D eigenvalue weighted by Gasteiger charge is 1.92. The van der Waals surface area contributed by atoms with Crippen LogP contribution in [0, 0.1) is 0 Å². The van der Waals surface area contributed by atoms with Crippen LogP contribution < -0.4 is 0 Å². The molecule has 0 saturated carbocycles. The second kappa shape index (κ2) is 7.64. The standard InChI is InChI=1S/C10H21N/c1-4-7-10-11(8-5-2)9-6-3/h7,10H,4-6,8-9H2,1-3H3/b10-7+. The smallest absolute Gasteiger partial charge is 0.0169 e. The van der Waals surface area contributed by atoms with Crippen LogP contribution in [0.1, 0.15) is 40.0 Å². The Kier molecular flexibility index (Phi) is 7.33. The van der Waals surface area contributed by atoms with E-state index in [1.807, 2.05) is 0 Å². The molecule has 0 bridgehead atoms. The molecular formula is C10H21N. The van der Waals surface area contributed by atoms with Gasteiger partial charge in [-0.15, -0.1) is 0 Å². The van der Waals surface area contributed by atoms with E-state index in [4.69, 9.17) is 0 Å². The van der Waals surface area contributed by atoms with Crippen molar-refractivity contribution in [1.82, 2.24) is 4.90 Å². The third-order valence-electron chi connectivity index (χ3n) is 1.57. The van der Waals surface area contributed by atoms with E-state index in [2.05, 4.69) is 37.9 Å². The zero-order valence-corrected chi connectivity index (χ0v) is 8.14. The average molecular weight is 155 g/mol. The minimum Gasteiger partial charge on any atom is -0.378 e. The third kappa shape index (κ3) is 5.96. The van der Waals surface area contributed by atoms with Crippen molar-refractivity contribution in [3.63, 3.8) is 0 Å². The maximum atomic E-state index is 2.39. The molecule has 0 rings (SSSR count).